The van der Waals surface area contributed by atoms with E-state index in [9.17, 15) is 9.90 Å². The number of rotatable bonds is 6. The molecule has 1 aromatic rings. The van der Waals surface area contributed by atoms with Crippen molar-refractivity contribution in [1.29, 1.82) is 0 Å². The van der Waals surface area contributed by atoms with Gasteiger partial charge in [-0.25, -0.2) is 0 Å². The molecule has 5 heteroatoms. The lowest BCUT2D eigenvalue weighted by Crippen LogP contribution is -2.03. The minimum absolute atomic E-state index is 0.0676. The zero-order valence-corrected chi connectivity index (χ0v) is 9.54. The summed E-state index contributed by atoms with van der Waals surface area (Å²) >= 11 is 1.41. The van der Waals surface area contributed by atoms with E-state index in [0.717, 1.165) is 6.07 Å². The van der Waals surface area contributed by atoms with E-state index in [1.807, 2.05) is 0 Å². The number of carbonyl (C=O) groups is 1. The fourth-order valence-electron chi connectivity index (χ4n) is 1.17. The van der Waals surface area contributed by atoms with Gasteiger partial charge >= 0.3 is 0 Å². The largest absolute Gasteiger partial charge is 0.508 e. The van der Waals surface area contributed by atoms with E-state index < -0.39 is 0 Å². The van der Waals surface area contributed by atoms with Gasteiger partial charge in [-0.1, -0.05) is 0 Å². The molecule has 0 spiro atoms. The van der Waals surface area contributed by atoms with Crippen LogP contribution < -0.4 is 0 Å². The molecule has 1 rings (SSSR count). The Hall–Kier alpha value is -1.20. The van der Waals surface area contributed by atoms with E-state index in [1.54, 1.807) is 0 Å². The molecule has 88 valence electrons. The predicted molar refractivity (Wildman–Crippen MR) is 63.1 cm³/mol. The van der Waals surface area contributed by atoms with Crippen LogP contribution in [-0.2, 0) is 0 Å². The maximum absolute atomic E-state index is 11.6. The average Bonchev–Trinajstić information content (AvgIpc) is 2.24. The molecule has 3 N–H and O–H groups in total. The number of carbonyl (C=O) groups excluding carboxylic acids is 1. The Morgan fingerprint density at radius 1 is 1.31 bits per heavy atom. The minimum atomic E-state index is -0.201. The third kappa shape index (κ3) is 3.75. The van der Waals surface area contributed by atoms with Crippen LogP contribution in [0.15, 0.2) is 18.2 Å². The van der Waals surface area contributed by atoms with Crippen LogP contribution >= 0.6 is 11.8 Å². The van der Waals surface area contributed by atoms with Gasteiger partial charge in [-0.3, -0.25) is 4.79 Å². The first-order valence-electron chi connectivity index (χ1n) is 4.89. The van der Waals surface area contributed by atoms with Crippen LogP contribution in [0.1, 0.15) is 16.8 Å². The van der Waals surface area contributed by atoms with Gasteiger partial charge in [0.05, 0.1) is 11.3 Å². The molecular weight excluding hydrogens is 228 g/mol. The molecule has 0 aliphatic carbocycles. The number of thioether (sulfide) groups is 1. The molecular formula is C11H14O4S. The lowest BCUT2D eigenvalue weighted by Gasteiger charge is -2.04. The second-order valence-corrected chi connectivity index (χ2v) is 4.36. The van der Waals surface area contributed by atoms with Gasteiger partial charge in [-0.15, -0.1) is 0 Å². The molecule has 0 fully saturated rings. The van der Waals surface area contributed by atoms with E-state index >= 15 is 0 Å². The molecule has 1 aromatic carbocycles. The van der Waals surface area contributed by atoms with Gasteiger partial charge in [0.25, 0.3) is 0 Å². The van der Waals surface area contributed by atoms with Gasteiger partial charge in [0.2, 0.25) is 0 Å². The van der Waals surface area contributed by atoms with E-state index in [0.29, 0.717) is 12.2 Å². The van der Waals surface area contributed by atoms with Crippen LogP contribution in [0.3, 0.4) is 0 Å². The Morgan fingerprint density at radius 2 is 2.06 bits per heavy atom. The molecule has 4 nitrogen and oxygen atoms in total. The Balaban J connectivity index is 2.53. The SMILES string of the molecule is O=C(CSCCCO)c1ccc(O)cc1O. The van der Waals surface area contributed by atoms with E-state index in [2.05, 4.69) is 0 Å². The molecule has 0 bridgehead atoms. The van der Waals surface area contributed by atoms with Crippen LogP contribution in [0, 0.1) is 0 Å². The van der Waals surface area contributed by atoms with Gasteiger partial charge in [-0.2, -0.15) is 11.8 Å². The normalized spacial score (nSPS) is 10.3. The molecule has 0 saturated heterocycles. The smallest absolute Gasteiger partial charge is 0.176 e. The average molecular weight is 242 g/mol. The number of benzene rings is 1. The van der Waals surface area contributed by atoms with Gasteiger partial charge < -0.3 is 15.3 Å². The van der Waals surface area contributed by atoms with Crippen molar-refractivity contribution >= 4 is 17.5 Å². The molecule has 0 aliphatic heterocycles. The number of hydrogen-bond acceptors (Lipinski definition) is 5. The monoisotopic (exact) mass is 242 g/mol. The van der Waals surface area contributed by atoms with Crippen molar-refractivity contribution < 1.29 is 20.1 Å². The highest BCUT2D eigenvalue weighted by Crippen LogP contribution is 2.23. The fourth-order valence-corrected chi connectivity index (χ4v) is 1.98. The van der Waals surface area contributed by atoms with Gasteiger partial charge in [-0.05, 0) is 24.3 Å². The second kappa shape index (κ2) is 6.40. The molecule has 0 radical (unpaired) electrons. The zero-order valence-electron chi connectivity index (χ0n) is 8.72. The summed E-state index contributed by atoms with van der Waals surface area (Å²) in [5.41, 5.74) is 0.217. The first-order valence-corrected chi connectivity index (χ1v) is 6.04. The van der Waals surface area contributed by atoms with Crippen molar-refractivity contribution in [2.24, 2.45) is 0 Å². The molecule has 0 amide bonds. The molecule has 0 unspecified atom stereocenters. The number of phenolic OH excluding ortho intramolecular Hbond substituents is 2. The predicted octanol–water partition coefficient (Wildman–Crippen LogP) is 1.40. The maximum Gasteiger partial charge on any atom is 0.176 e. The lowest BCUT2D eigenvalue weighted by atomic mass is 10.1. The Morgan fingerprint density at radius 3 is 2.69 bits per heavy atom. The quantitative estimate of drug-likeness (QED) is 0.519. The summed E-state index contributed by atoms with van der Waals surface area (Å²) in [6.45, 7) is 0.117. The number of aliphatic hydroxyl groups is 1. The highest BCUT2D eigenvalue weighted by atomic mass is 32.2. The highest BCUT2D eigenvalue weighted by molar-refractivity contribution is 7.99. The van der Waals surface area contributed by atoms with Crippen LogP contribution in [0.5, 0.6) is 11.5 Å². The van der Waals surface area contributed by atoms with Gasteiger partial charge in [0, 0.05) is 12.7 Å². The molecule has 0 atom stereocenters. The van der Waals surface area contributed by atoms with E-state index in [4.69, 9.17) is 10.2 Å². The Kier molecular flexibility index (Phi) is 5.14. The summed E-state index contributed by atoms with van der Waals surface area (Å²) in [6, 6.07) is 3.91. The van der Waals surface area contributed by atoms with Crippen LogP contribution in [0.2, 0.25) is 0 Å². The Bertz CT molecular complexity index is 365. The third-order valence-electron chi connectivity index (χ3n) is 1.96. The number of aliphatic hydroxyl groups excluding tert-OH is 1. The van der Waals surface area contributed by atoms with E-state index in [1.165, 1.54) is 23.9 Å². The van der Waals surface area contributed by atoms with Crippen molar-refractivity contribution in [3.05, 3.63) is 23.8 Å². The summed E-state index contributed by atoms with van der Waals surface area (Å²) in [5, 5.41) is 27.1. The molecule has 0 aliphatic rings. The summed E-state index contributed by atoms with van der Waals surface area (Å²) < 4.78 is 0. The third-order valence-corrected chi connectivity index (χ3v) is 3.01. The fraction of sp³-hybridized carbons (Fsp3) is 0.364. The molecule has 0 aromatic heterocycles. The first kappa shape index (κ1) is 12.9. The summed E-state index contributed by atoms with van der Waals surface area (Å²) in [6.07, 6.45) is 0.652. The molecule has 0 heterocycles. The van der Waals surface area contributed by atoms with Crippen LogP contribution in [0.4, 0.5) is 0 Å². The van der Waals surface area contributed by atoms with Crippen molar-refractivity contribution in [2.75, 3.05) is 18.1 Å². The van der Waals surface area contributed by atoms with Crippen molar-refractivity contribution in [3.63, 3.8) is 0 Å². The number of Topliss-reactive ketones (excluding diaryl/α,β-unsaturated/α-hetero) is 1. The zero-order chi connectivity index (χ0) is 12.0. The number of hydrogen-bond donors (Lipinski definition) is 3. The number of ketones is 1. The topological polar surface area (TPSA) is 77.8 Å². The van der Waals surface area contributed by atoms with Crippen LogP contribution in [-0.4, -0.2) is 39.2 Å². The summed E-state index contributed by atoms with van der Waals surface area (Å²) in [5.74, 6) is 0.523. The van der Waals surface area contributed by atoms with Crippen molar-refractivity contribution in [2.45, 2.75) is 6.42 Å². The Labute approximate surface area is 97.9 Å². The molecule has 0 saturated carbocycles. The van der Waals surface area contributed by atoms with Crippen LogP contribution in [0.25, 0.3) is 0 Å². The lowest BCUT2D eigenvalue weighted by molar-refractivity contribution is 0.102. The van der Waals surface area contributed by atoms with Crippen molar-refractivity contribution in [1.82, 2.24) is 0 Å². The van der Waals surface area contributed by atoms with Gasteiger partial charge in [0.1, 0.15) is 11.5 Å². The summed E-state index contributed by atoms with van der Waals surface area (Å²) in [7, 11) is 0. The maximum atomic E-state index is 11.6. The number of aromatic hydroxyl groups is 2. The second-order valence-electron chi connectivity index (χ2n) is 3.25. The summed E-state index contributed by atoms with van der Waals surface area (Å²) in [4.78, 5) is 11.6. The molecule has 16 heavy (non-hydrogen) atoms. The minimum Gasteiger partial charge on any atom is -0.508 e. The highest BCUT2D eigenvalue weighted by Gasteiger charge is 2.11. The number of phenols is 2. The standard InChI is InChI=1S/C11H14O4S/c12-4-1-5-16-7-11(15)9-3-2-8(13)6-10(9)14/h2-3,6,12-14H,1,4-5,7H2. The van der Waals surface area contributed by atoms with Gasteiger partial charge in [0.15, 0.2) is 5.78 Å². The van der Waals surface area contributed by atoms with E-state index in [-0.39, 0.29) is 35.2 Å². The first-order chi connectivity index (χ1) is 7.65. The van der Waals surface area contributed by atoms with Crippen molar-refractivity contribution in [3.8, 4) is 11.5 Å².